The molecule has 2 rings (SSSR count). The van der Waals surface area contributed by atoms with E-state index < -0.39 is 0 Å². The Kier molecular flexibility index (Phi) is 1.32. The zero-order valence-electron chi connectivity index (χ0n) is 6.16. The summed E-state index contributed by atoms with van der Waals surface area (Å²) < 4.78 is 0. The first-order valence-corrected chi connectivity index (χ1v) is 3.90. The molecule has 1 fully saturated rings. The molecule has 56 valence electrons. The largest absolute Gasteiger partial charge is 0.298 e. The summed E-state index contributed by atoms with van der Waals surface area (Å²) in [5.41, 5.74) is 0.829. The van der Waals surface area contributed by atoms with Crippen molar-refractivity contribution in [3.8, 4) is 6.07 Å². The highest BCUT2D eigenvalue weighted by atomic mass is 16.1. The molecule has 2 aliphatic carbocycles. The van der Waals surface area contributed by atoms with E-state index in [0.29, 0.717) is 18.3 Å². The molecule has 0 spiro atoms. The van der Waals surface area contributed by atoms with Gasteiger partial charge in [0.1, 0.15) is 6.29 Å². The summed E-state index contributed by atoms with van der Waals surface area (Å²) in [5.74, 6) is 1.24. The lowest BCUT2D eigenvalue weighted by Crippen LogP contribution is -2.08. The molecule has 0 aromatic carbocycles. The molecule has 0 aromatic rings. The summed E-state index contributed by atoms with van der Waals surface area (Å²) in [6.45, 7) is 0. The molecule has 0 aromatic heterocycles. The van der Waals surface area contributed by atoms with Crippen LogP contribution < -0.4 is 0 Å². The van der Waals surface area contributed by atoms with Crippen LogP contribution in [0.2, 0.25) is 0 Å². The van der Waals surface area contributed by atoms with Crippen molar-refractivity contribution in [2.45, 2.75) is 12.8 Å². The van der Waals surface area contributed by atoms with Crippen molar-refractivity contribution in [1.82, 2.24) is 0 Å². The minimum atomic E-state index is 0.116. The van der Waals surface area contributed by atoms with E-state index in [9.17, 15) is 4.79 Å². The zero-order chi connectivity index (χ0) is 7.84. The van der Waals surface area contributed by atoms with Gasteiger partial charge in [-0.15, -0.1) is 0 Å². The molecule has 2 nitrogen and oxygen atoms in total. The summed E-state index contributed by atoms with van der Waals surface area (Å²) in [7, 11) is 0. The number of carbonyl (C=O) groups is 1. The molecule has 0 bridgehead atoms. The lowest BCUT2D eigenvalue weighted by atomic mass is 9.90. The lowest BCUT2D eigenvalue weighted by Gasteiger charge is -2.11. The molecular formula is C9H9NO. The number of hydrogen-bond acceptors (Lipinski definition) is 2. The first kappa shape index (κ1) is 6.60. The molecule has 2 unspecified atom stereocenters. The van der Waals surface area contributed by atoms with E-state index in [1.807, 2.05) is 6.08 Å². The number of aldehydes is 1. The Labute approximate surface area is 65.5 Å². The van der Waals surface area contributed by atoms with Crippen LogP contribution in [0.5, 0.6) is 0 Å². The number of rotatable bonds is 1. The highest BCUT2D eigenvalue weighted by Gasteiger charge is 2.44. The fourth-order valence-corrected chi connectivity index (χ4v) is 1.87. The number of allylic oxidation sites excluding steroid dienone is 2. The standard InChI is InChI=1S/C9H9NO/c10-4-8-2-6(5-11)1-7-3-9(7)8/h1,5,7-9H,2-3H2/t7?,8?,9-/m0/s1. The van der Waals surface area contributed by atoms with Crippen molar-refractivity contribution < 1.29 is 4.79 Å². The maximum absolute atomic E-state index is 10.4. The molecular weight excluding hydrogens is 138 g/mol. The third-order valence-electron chi connectivity index (χ3n) is 2.61. The molecule has 2 aliphatic rings. The van der Waals surface area contributed by atoms with Gasteiger partial charge in [0, 0.05) is 0 Å². The number of nitriles is 1. The van der Waals surface area contributed by atoms with E-state index >= 15 is 0 Å². The van der Waals surface area contributed by atoms with Gasteiger partial charge in [-0.1, -0.05) is 6.08 Å². The van der Waals surface area contributed by atoms with Gasteiger partial charge in [-0.3, -0.25) is 4.79 Å². The third kappa shape index (κ3) is 0.970. The van der Waals surface area contributed by atoms with Gasteiger partial charge in [0.05, 0.1) is 12.0 Å². The van der Waals surface area contributed by atoms with Crippen molar-refractivity contribution in [3.63, 3.8) is 0 Å². The van der Waals surface area contributed by atoms with Crippen molar-refractivity contribution in [3.05, 3.63) is 11.6 Å². The molecule has 0 saturated heterocycles. The van der Waals surface area contributed by atoms with Crippen LogP contribution >= 0.6 is 0 Å². The van der Waals surface area contributed by atoms with Crippen molar-refractivity contribution in [2.24, 2.45) is 17.8 Å². The van der Waals surface area contributed by atoms with Crippen molar-refractivity contribution in [1.29, 1.82) is 5.26 Å². The van der Waals surface area contributed by atoms with Gasteiger partial charge in [0.15, 0.2) is 0 Å². The van der Waals surface area contributed by atoms with Crippen LogP contribution in [0.25, 0.3) is 0 Å². The predicted molar refractivity (Wildman–Crippen MR) is 39.5 cm³/mol. The van der Waals surface area contributed by atoms with Gasteiger partial charge >= 0.3 is 0 Å². The normalized spacial score (nSPS) is 39.9. The summed E-state index contributed by atoms with van der Waals surface area (Å²) in [6.07, 6.45) is 4.72. The number of carbonyl (C=O) groups excluding carboxylic acids is 1. The molecule has 0 radical (unpaired) electrons. The first-order valence-electron chi connectivity index (χ1n) is 3.90. The highest BCUT2D eigenvalue weighted by Crippen LogP contribution is 2.50. The smallest absolute Gasteiger partial charge is 0.145 e. The van der Waals surface area contributed by atoms with Gasteiger partial charge < -0.3 is 0 Å². The van der Waals surface area contributed by atoms with E-state index in [4.69, 9.17) is 5.26 Å². The summed E-state index contributed by atoms with van der Waals surface area (Å²) in [6, 6.07) is 2.26. The molecule has 0 amide bonds. The molecule has 0 N–H and O–H groups in total. The summed E-state index contributed by atoms with van der Waals surface area (Å²) in [4.78, 5) is 10.4. The van der Waals surface area contributed by atoms with Crippen LogP contribution in [0, 0.1) is 29.1 Å². The molecule has 0 heterocycles. The van der Waals surface area contributed by atoms with E-state index in [1.165, 1.54) is 0 Å². The van der Waals surface area contributed by atoms with E-state index in [1.54, 1.807) is 0 Å². The van der Waals surface area contributed by atoms with Crippen LogP contribution in [-0.2, 0) is 4.79 Å². The second kappa shape index (κ2) is 2.20. The van der Waals surface area contributed by atoms with E-state index in [-0.39, 0.29) is 5.92 Å². The molecule has 1 saturated carbocycles. The topological polar surface area (TPSA) is 40.9 Å². The quantitative estimate of drug-likeness (QED) is 0.524. The van der Waals surface area contributed by atoms with Crippen LogP contribution in [-0.4, -0.2) is 6.29 Å². The number of nitrogens with zero attached hydrogens (tertiary/aromatic N) is 1. The Morgan fingerprint density at radius 2 is 2.55 bits per heavy atom. The molecule has 2 heteroatoms. The van der Waals surface area contributed by atoms with Gasteiger partial charge in [0.2, 0.25) is 0 Å². The van der Waals surface area contributed by atoms with E-state index in [2.05, 4.69) is 6.07 Å². The number of fused-ring (bicyclic) bond motifs is 1. The molecule has 3 atom stereocenters. The average molecular weight is 147 g/mol. The summed E-state index contributed by atoms with van der Waals surface area (Å²) in [5, 5.41) is 8.71. The van der Waals surface area contributed by atoms with Crippen molar-refractivity contribution in [2.75, 3.05) is 0 Å². The Morgan fingerprint density at radius 1 is 1.73 bits per heavy atom. The second-order valence-electron chi connectivity index (χ2n) is 3.36. The first-order chi connectivity index (χ1) is 5.35. The van der Waals surface area contributed by atoms with E-state index in [0.717, 1.165) is 18.3 Å². The maximum Gasteiger partial charge on any atom is 0.145 e. The maximum atomic E-state index is 10.4. The van der Waals surface area contributed by atoms with Gasteiger partial charge in [0.25, 0.3) is 0 Å². The number of hydrogen-bond donors (Lipinski definition) is 0. The van der Waals surface area contributed by atoms with Crippen LogP contribution in [0.15, 0.2) is 11.6 Å². The fourth-order valence-electron chi connectivity index (χ4n) is 1.87. The SMILES string of the molecule is N#CC1CC(C=O)=CC2C[C@H]12. The van der Waals surface area contributed by atoms with Gasteiger partial charge in [-0.05, 0) is 30.3 Å². The minimum absolute atomic E-state index is 0.116. The Balaban J connectivity index is 2.19. The fraction of sp³-hybridized carbons (Fsp3) is 0.556. The Hall–Kier alpha value is -1.10. The lowest BCUT2D eigenvalue weighted by molar-refractivity contribution is -0.105. The summed E-state index contributed by atoms with van der Waals surface area (Å²) >= 11 is 0. The van der Waals surface area contributed by atoms with Gasteiger partial charge in [-0.2, -0.15) is 5.26 Å². The van der Waals surface area contributed by atoms with Crippen LogP contribution in [0.3, 0.4) is 0 Å². The van der Waals surface area contributed by atoms with Crippen LogP contribution in [0.4, 0.5) is 0 Å². The second-order valence-corrected chi connectivity index (χ2v) is 3.36. The third-order valence-corrected chi connectivity index (χ3v) is 2.61. The van der Waals surface area contributed by atoms with Crippen LogP contribution in [0.1, 0.15) is 12.8 Å². The highest BCUT2D eigenvalue weighted by molar-refractivity contribution is 5.74. The molecule has 0 aliphatic heterocycles. The zero-order valence-corrected chi connectivity index (χ0v) is 6.16. The predicted octanol–water partition coefficient (Wildman–Crippen LogP) is 1.29. The monoisotopic (exact) mass is 147 g/mol. The Bertz CT molecular complexity index is 261. The van der Waals surface area contributed by atoms with Crippen molar-refractivity contribution >= 4 is 6.29 Å². The van der Waals surface area contributed by atoms with Gasteiger partial charge in [-0.25, -0.2) is 0 Å². The Morgan fingerprint density at radius 3 is 3.18 bits per heavy atom. The average Bonchev–Trinajstić information content (AvgIpc) is 2.80. The minimum Gasteiger partial charge on any atom is -0.298 e. The molecule has 11 heavy (non-hydrogen) atoms.